The molecule has 0 amide bonds. The summed E-state index contributed by atoms with van der Waals surface area (Å²) in [5.74, 6) is 0.893. The lowest BCUT2D eigenvalue weighted by Crippen LogP contribution is -1.96. The summed E-state index contributed by atoms with van der Waals surface area (Å²) in [5, 5.41) is 3.22. The molecule has 0 bridgehead atoms. The van der Waals surface area contributed by atoms with Crippen LogP contribution in [0.25, 0.3) is 0 Å². The minimum atomic E-state index is 0.279. The lowest BCUT2D eigenvalue weighted by molar-refractivity contribution is 0.414. The number of nitrogens with zero attached hydrogens (tertiary/aromatic N) is 1. The van der Waals surface area contributed by atoms with Crippen molar-refractivity contribution in [2.24, 2.45) is 0 Å². The molecule has 90 valence electrons. The first kappa shape index (κ1) is 12.6. The molecule has 0 radical (unpaired) electrons. The fraction of sp³-hybridized carbons (Fsp3) is 0.308. The van der Waals surface area contributed by atoms with Crippen molar-refractivity contribution in [1.82, 2.24) is 4.98 Å². The molecule has 1 aromatic heterocycles. The normalized spacial score (nSPS) is 12.4. The maximum absolute atomic E-state index is 5.14. The average molecular weight is 312 g/mol. The molecule has 1 atom stereocenters. The lowest BCUT2D eigenvalue weighted by atomic mass is 10.1. The Morgan fingerprint density at radius 2 is 2.06 bits per heavy atom. The second-order valence-electron chi connectivity index (χ2n) is 3.81. The van der Waals surface area contributed by atoms with E-state index in [1.165, 1.54) is 5.56 Å². The van der Waals surface area contributed by atoms with Crippen LogP contribution in [0.5, 0.6) is 5.75 Å². The monoisotopic (exact) mass is 311 g/mol. The summed E-state index contributed by atoms with van der Waals surface area (Å²) in [4.78, 5) is 4.77. The summed E-state index contributed by atoms with van der Waals surface area (Å²) in [7, 11) is 1.68. The molecule has 0 aliphatic carbocycles. The van der Waals surface area contributed by atoms with Crippen molar-refractivity contribution < 1.29 is 4.74 Å². The Labute approximate surface area is 114 Å². The molecular formula is C13H14BrNOS. The zero-order valence-electron chi connectivity index (χ0n) is 9.81. The number of hydrogen-bond donors (Lipinski definition) is 0. The number of ether oxygens (including phenoxy) is 1. The molecule has 1 heterocycles. The Morgan fingerprint density at radius 1 is 1.35 bits per heavy atom. The van der Waals surface area contributed by atoms with Gasteiger partial charge in [0.2, 0.25) is 0 Å². The molecule has 0 aliphatic rings. The van der Waals surface area contributed by atoms with Crippen LogP contribution >= 0.6 is 27.3 Å². The van der Waals surface area contributed by atoms with Gasteiger partial charge in [0.1, 0.15) is 5.75 Å². The summed E-state index contributed by atoms with van der Waals surface area (Å²) >= 11 is 5.37. The molecule has 2 aromatic rings. The Bertz CT molecular complexity index is 480. The first-order valence-corrected chi connectivity index (χ1v) is 7.17. The van der Waals surface area contributed by atoms with Crippen LogP contribution in [0.4, 0.5) is 0 Å². The number of halogens is 1. The van der Waals surface area contributed by atoms with Gasteiger partial charge < -0.3 is 4.74 Å². The van der Waals surface area contributed by atoms with E-state index in [4.69, 9.17) is 4.74 Å². The van der Waals surface area contributed by atoms with E-state index in [9.17, 15) is 0 Å². The maximum Gasteiger partial charge on any atom is 0.118 e. The van der Waals surface area contributed by atoms with Crippen molar-refractivity contribution in [3.8, 4) is 5.75 Å². The van der Waals surface area contributed by atoms with Crippen molar-refractivity contribution in [1.29, 1.82) is 0 Å². The highest BCUT2D eigenvalue weighted by Gasteiger charge is 2.11. The van der Waals surface area contributed by atoms with Gasteiger partial charge in [-0.05, 0) is 31.0 Å². The molecule has 0 saturated heterocycles. The maximum atomic E-state index is 5.14. The van der Waals surface area contributed by atoms with Gasteiger partial charge in [0.05, 0.1) is 22.6 Å². The van der Waals surface area contributed by atoms with Crippen LogP contribution in [-0.2, 0) is 6.42 Å². The number of methoxy groups -OCH3 is 1. The van der Waals surface area contributed by atoms with Gasteiger partial charge in [0.15, 0.2) is 0 Å². The van der Waals surface area contributed by atoms with Gasteiger partial charge in [-0.15, -0.1) is 11.3 Å². The predicted octanol–water partition coefficient (Wildman–Crippen LogP) is 4.14. The Kier molecular flexibility index (Phi) is 4.18. The fourth-order valence-electron chi connectivity index (χ4n) is 1.60. The van der Waals surface area contributed by atoms with Crippen molar-refractivity contribution >= 4 is 27.3 Å². The summed E-state index contributed by atoms with van der Waals surface area (Å²) in [6, 6.07) is 8.15. The number of rotatable bonds is 4. The third-order valence-electron chi connectivity index (χ3n) is 2.53. The SMILES string of the molecule is COc1ccc(CC(Br)c2csc(C)n2)cc1. The second-order valence-corrected chi connectivity index (χ2v) is 5.98. The number of aromatic nitrogens is 1. The van der Waals surface area contributed by atoms with E-state index in [0.29, 0.717) is 0 Å². The van der Waals surface area contributed by atoms with Gasteiger partial charge in [-0.25, -0.2) is 4.98 Å². The molecule has 0 fully saturated rings. The fourth-order valence-corrected chi connectivity index (χ4v) is 3.05. The van der Waals surface area contributed by atoms with Crippen LogP contribution in [0, 0.1) is 6.92 Å². The highest BCUT2D eigenvalue weighted by Crippen LogP contribution is 2.28. The third kappa shape index (κ3) is 3.30. The van der Waals surface area contributed by atoms with Crippen molar-refractivity contribution in [3.63, 3.8) is 0 Å². The number of aryl methyl sites for hydroxylation is 1. The molecule has 2 nitrogen and oxygen atoms in total. The van der Waals surface area contributed by atoms with E-state index in [2.05, 4.69) is 38.4 Å². The van der Waals surface area contributed by atoms with Crippen LogP contribution in [0.15, 0.2) is 29.6 Å². The lowest BCUT2D eigenvalue weighted by Gasteiger charge is -2.07. The molecule has 17 heavy (non-hydrogen) atoms. The van der Waals surface area contributed by atoms with Gasteiger partial charge in [-0.1, -0.05) is 28.1 Å². The third-order valence-corrected chi connectivity index (χ3v) is 4.12. The number of hydrogen-bond acceptors (Lipinski definition) is 3. The molecule has 0 saturated carbocycles. The van der Waals surface area contributed by atoms with Crippen LogP contribution in [0.1, 0.15) is 21.1 Å². The highest BCUT2D eigenvalue weighted by atomic mass is 79.9. The number of thiazole rings is 1. The largest absolute Gasteiger partial charge is 0.497 e. The molecule has 0 spiro atoms. The minimum Gasteiger partial charge on any atom is -0.497 e. The Hall–Kier alpha value is -0.870. The van der Waals surface area contributed by atoms with Gasteiger partial charge in [0, 0.05) is 5.38 Å². The summed E-state index contributed by atoms with van der Waals surface area (Å²) < 4.78 is 5.14. The first-order valence-electron chi connectivity index (χ1n) is 5.38. The van der Waals surface area contributed by atoms with E-state index < -0.39 is 0 Å². The molecule has 0 aliphatic heterocycles. The van der Waals surface area contributed by atoms with Gasteiger partial charge in [0.25, 0.3) is 0 Å². The van der Waals surface area contributed by atoms with E-state index in [-0.39, 0.29) is 4.83 Å². The van der Waals surface area contributed by atoms with Crippen molar-refractivity contribution in [3.05, 3.63) is 45.9 Å². The molecule has 2 rings (SSSR count). The zero-order valence-corrected chi connectivity index (χ0v) is 12.2. The smallest absolute Gasteiger partial charge is 0.118 e. The summed E-state index contributed by atoms with van der Waals surface area (Å²) in [5.41, 5.74) is 2.39. The quantitative estimate of drug-likeness (QED) is 0.792. The summed E-state index contributed by atoms with van der Waals surface area (Å²) in [6.07, 6.45) is 0.938. The second kappa shape index (κ2) is 5.65. The van der Waals surface area contributed by atoms with E-state index in [0.717, 1.165) is 22.9 Å². The number of benzene rings is 1. The van der Waals surface area contributed by atoms with Crippen molar-refractivity contribution in [2.45, 2.75) is 18.2 Å². The van der Waals surface area contributed by atoms with E-state index >= 15 is 0 Å². The van der Waals surface area contributed by atoms with Gasteiger partial charge in [-0.2, -0.15) is 0 Å². The molecular weight excluding hydrogens is 298 g/mol. The van der Waals surface area contributed by atoms with E-state index in [1.807, 2.05) is 19.1 Å². The van der Waals surface area contributed by atoms with E-state index in [1.54, 1.807) is 18.4 Å². The highest BCUT2D eigenvalue weighted by molar-refractivity contribution is 9.09. The van der Waals surface area contributed by atoms with Crippen LogP contribution < -0.4 is 4.74 Å². The number of alkyl halides is 1. The van der Waals surface area contributed by atoms with Crippen LogP contribution in [0.2, 0.25) is 0 Å². The molecule has 1 unspecified atom stereocenters. The average Bonchev–Trinajstić information content (AvgIpc) is 2.77. The topological polar surface area (TPSA) is 22.1 Å². The van der Waals surface area contributed by atoms with Crippen LogP contribution in [-0.4, -0.2) is 12.1 Å². The molecule has 1 aromatic carbocycles. The standard InChI is InChI=1S/C13H14BrNOS/c1-9-15-13(8-17-9)12(14)7-10-3-5-11(16-2)6-4-10/h3-6,8,12H,7H2,1-2H3. The van der Waals surface area contributed by atoms with Gasteiger partial charge in [-0.3, -0.25) is 0 Å². The zero-order chi connectivity index (χ0) is 12.3. The summed E-state index contributed by atoms with van der Waals surface area (Å²) in [6.45, 7) is 2.03. The van der Waals surface area contributed by atoms with Crippen LogP contribution in [0.3, 0.4) is 0 Å². The predicted molar refractivity (Wildman–Crippen MR) is 75.2 cm³/mol. The van der Waals surface area contributed by atoms with Crippen molar-refractivity contribution in [2.75, 3.05) is 7.11 Å². The first-order chi connectivity index (χ1) is 8.19. The molecule has 4 heteroatoms. The minimum absolute atomic E-state index is 0.279. The Morgan fingerprint density at radius 3 is 2.59 bits per heavy atom. The van der Waals surface area contributed by atoms with Gasteiger partial charge >= 0.3 is 0 Å². The molecule has 0 N–H and O–H groups in total. The Balaban J connectivity index is 2.04.